The molecule has 0 spiro atoms. The van der Waals surface area contributed by atoms with Crippen LogP contribution >= 0.6 is 11.6 Å². The molecule has 122 valence electrons. The minimum absolute atomic E-state index is 0.260. The summed E-state index contributed by atoms with van der Waals surface area (Å²) in [5.74, 6) is -0.292. The van der Waals surface area contributed by atoms with Crippen LogP contribution in [0.15, 0.2) is 24.3 Å². The molecule has 0 aromatic heterocycles. The van der Waals surface area contributed by atoms with Crippen molar-refractivity contribution in [2.24, 2.45) is 0 Å². The first-order valence-corrected chi connectivity index (χ1v) is 6.92. The summed E-state index contributed by atoms with van der Waals surface area (Å²) >= 11 is 5.53. The molecule has 1 aromatic carbocycles. The Balaban J connectivity index is 2.76. The molecule has 7 heteroatoms. The van der Waals surface area contributed by atoms with E-state index in [-0.39, 0.29) is 16.5 Å². The van der Waals surface area contributed by atoms with Gasteiger partial charge in [-0.25, -0.2) is 0 Å². The van der Waals surface area contributed by atoms with Crippen molar-refractivity contribution in [1.29, 1.82) is 0 Å². The van der Waals surface area contributed by atoms with Crippen LogP contribution in [-0.4, -0.2) is 38.1 Å². The highest BCUT2D eigenvalue weighted by Crippen LogP contribution is 2.35. The smallest absolute Gasteiger partial charge is 0.385 e. The second-order valence-electron chi connectivity index (χ2n) is 4.68. The molecule has 0 bridgehead atoms. The van der Waals surface area contributed by atoms with E-state index in [1.807, 2.05) is 0 Å². The molecule has 1 aromatic rings. The van der Waals surface area contributed by atoms with Crippen molar-refractivity contribution in [3.63, 3.8) is 0 Å². The number of likely N-dealkylation sites (N-methyl/N-ethyl adjacent to an activating group) is 1. The molecule has 0 atom stereocenters. The first-order chi connectivity index (χ1) is 10.3. The maximum absolute atomic E-state index is 12.7. The third-order valence-corrected chi connectivity index (χ3v) is 3.26. The van der Waals surface area contributed by atoms with Gasteiger partial charge < -0.3 is 9.64 Å². The van der Waals surface area contributed by atoms with Gasteiger partial charge in [0, 0.05) is 33.4 Å². The summed E-state index contributed by atoms with van der Waals surface area (Å²) in [7, 11) is 3.19. The number of methoxy groups -OCH3 is 1. The van der Waals surface area contributed by atoms with Gasteiger partial charge in [0.25, 0.3) is 0 Å². The summed E-state index contributed by atoms with van der Waals surface area (Å²) in [5, 5.41) is -0.368. The molecule has 1 rings (SSSR count). The van der Waals surface area contributed by atoms with Crippen LogP contribution in [0.3, 0.4) is 0 Å². The highest BCUT2D eigenvalue weighted by Gasteiger charge is 2.33. The van der Waals surface area contributed by atoms with Gasteiger partial charge in [-0.3, -0.25) is 4.79 Å². The molecule has 0 saturated carbocycles. The molecule has 0 aliphatic carbocycles. The van der Waals surface area contributed by atoms with Gasteiger partial charge in [-0.1, -0.05) is 17.7 Å². The normalized spacial score (nSPS) is 11.9. The van der Waals surface area contributed by atoms with Gasteiger partial charge in [-0.2, -0.15) is 13.2 Å². The zero-order valence-electron chi connectivity index (χ0n) is 12.3. The first kappa shape index (κ1) is 18.5. The van der Waals surface area contributed by atoms with Crippen molar-refractivity contribution in [1.82, 2.24) is 4.90 Å². The second kappa shape index (κ2) is 8.19. The number of alkyl halides is 3. The van der Waals surface area contributed by atoms with Gasteiger partial charge >= 0.3 is 6.18 Å². The predicted molar refractivity (Wildman–Crippen MR) is 79.6 cm³/mol. The summed E-state index contributed by atoms with van der Waals surface area (Å²) in [4.78, 5) is 13.3. The Morgan fingerprint density at radius 1 is 1.41 bits per heavy atom. The number of carbonyl (C=O) groups excluding carboxylic acids is 1. The van der Waals surface area contributed by atoms with Gasteiger partial charge in [-0.15, -0.1) is 0 Å². The van der Waals surface area contributed by atoms with E-state index in [9.17, 15) is 18.0 Å². The zero-order chi connectivity index (χ0) is 16.8. The lowest BCUT2D eigenvalue weighted by Crippen LogP contribution is -2.26. The van der Waals surface area contributed by atoms with Crippen molar-refractivity contribution < 1.29 is 22.7 Å². The highest BCUT2D eigenvalue weighted by atomic mass is 35.5. The average molecular weight is 336 g/mol. The number of carbonyl (C=O) groups is 1. The van der Waals surface area contributed by atoms with Crippen LogP contribution in [-0.2, 0) is 15.7 Å². The maximum atomic E-state index is 12.7. The number of amides is 1. The van der Waals surface area contributed by atoms with Crippen LogP contribution in [0, 0.1) is 0 Å². The Kier molecular flexibility index (Phi) is 6.90. The molecule has 0 N–H and O–H groups in total. The molecular weight excluding hydrogens is 319 g/mol. The van der Waals surface area contributed by atoms with Gasteiger partial charge in [0.2, 0.25) is 5.91 Å². The zero-order valence-corrected chi connectivity index (χ0v) is 13.0. The lowest BCUT2D eigenvalue weighted by molar-refractivity contribution is -0.137. The Labute approximate surface area is 132 Å². The number of ether oxygens (including phenoxy) is 1. The highest BCUT2D eigenvalue weighted by molar-refractivity contribution is 6.31. The van der Waals surface area contributed by atoms with Crippen molar-refractivity contribution in [3.8, 4) is 0 Å². The van der Waals surface area contributed by atoms with Crippen LogP contribution < -0.4 is 0 Å². The number of nitrogens with zero attached hydrogens (tertiary/aromatic N) is 1. The topological polar surface area (TPSA) is 29.5 Å². The fraction of sp³-hybridized carbons (Fsp3) is 0.400. The van der Waals surface area contributed by atoms with Crippen molar-refractivity contribution in [2.45, 2.75) is 12.6 Å². The Bertz CT molecular complexity index is 544. The molecule has 0 unspecified atom stereocenters. The first-order valence-electron chi connectivity index (χ1n) is 6.54. The van der Waals surface area contributed by atoms with E-state index < -0.39 is 11.7 Å². The Hall–Kier alpha value is -1.53. The third-order valence-electron chi connectivity index (χ3n) is 2.93. The lowest BCUT2D eigenvalue weighted by atomic mass is 10.1. The summed E-state index contributed by atoms with van der Waals surface area (Å²) in [6.45, 7) is 1.04. The van der Waals surface area contributed by atoms with E-state index in [1.165, 1.54) is 23.1 Å². The van der Waals surface area contributed by atoms with Gasteiger partial charge in [-0.05, 0) is 30.2 Å². The number of rotatable bonds is 6. The van der Waals surface area contributed by atoms with Crippen LogP contribution in [0.25, 0.3) is 6.08 Å². The van der Waals surface area contributed by atoms with Crippen LogP contribution in [0.1, 0.15) is 17.5 Å². The third kappa shape index (κ3) is 5.69. The fourth-order valence-corrected chi connectivity index (χ4v) is 1.94. The summed E-state index contributed by atoms with van der Waals surface area (Å²) in [6, 6.07) is 3.50. The van der Waals surface area contributed by atoms with E-state index in [2.05, 4.69) is 0 Å². The maximum Gasteiger partial charge on any atom is 0.417 e. The molecule has 1 amide bonds. The fourth-order valence-electron chi connectivity index (χ4n) is 1.71. The molecule has 3 nitrogen and oxygen atoms in total. The molecule has 0 fully saturated rings. The van der Waals surface area contributed by atoms with Gasteiger partial charge in [0.1, 0.15) is 0 Å². The average Bonchev–Trinajstić information content (AvgIpc) is 2.45. The molecule has 0 saturated heterocycles. The lowest BCUT2D eigenvalue weighted by Gasteiger charge is -2.14. The Morgan fingerprint density at radius 2 is 2.09 bits per heavy atom. The van der Waals surface area contributed by atoms with Gasteiger partial charge in [0.15, 0.2) is 0 Å². The molecule has 0 aliphatic heterocycles. The molecular formula is C15H17ClF3NO2. The van der Waals surface area contributed by atoms with Gasteiger partial charge in [0.05, 0.1) is 10.6 Å². The second-order valence-corrected chi connectivity index (χ2v) is 5.08. The largest absolute Gasteiger partial charge is 0.417 e. The quantitative estimate of drug-likeness (QED) is 0.583. The SMILES string of the molecule is COCCCN(C)C(=O)/C=C/c1ccc(Cl)c(C(F)(F)F)c1. The summed E-state index contributed by atoms with van der Waals surface area (Å²) in [5.41, 5.74) is -0.660. The predicted octanol–water partition coefficient (Wildman–Crippen LogP) is 3.87. The van der Waals surface area contributed by atoms with E-state index >= 15 is 0 Å². The van der Waals surface area contributed by atoms with Crippen LogP contribution in [0.5, 0.6) is 0 Å². The molecule has 0 heterocycles. The number of benzene rings is 1. The molecule has 0 aliphatic rings. The van der Waals surface area contributed by atoms with E-state index in [1.54, 1.807) is 14.2 Å². The number of hydrogen-bond acceptors (Lipinski definition) is 2. The monoisotopic (exact) mass is 335 g/mol. The number of hydrogen-bond donors (Lipinski definition) is 0. The summed E-state index contributed by atoms with van der Waals surface area (Å²) in [6.07, 6.45) is -1.27. The van der Waals surface area contributed by atoms with E-state index in [0.29, 0.717) is 19.6 Å². The molecule has 0 radical (unpaired) electrons. The van der Waals surface area contributed by atoms with Crippen molar-refractivity contribution in [3.05, 3.63) is 40.4 Å². The van der Waals surface area contributed by atoms with E-state index in [0.717, 1.165) is 12.1 Å². The molecule has 22 heavy (non-hydrogen) atoms. The van der Waals surface area contributed by atoms with Crippen LogP contribution in [0.2, 0.25) is 5.02 Å². The standard InChI is InChI=1S/C15H17ClF3NO2/c1-20(8-3-9-22-2)14(21)7-5-11-4-6-13(16)12(10-11)15(17,18)19/h4-7,10H,3,8-9H2,1-2H3/b7-5+. The minimum atomic E-state index is -4.53. The minimum Gasteiger partial charge on any atom is -0.385 e. The van der Waals surface area contributed by atoms with E-state index in [4.69, 9.17) is 16.3 Å². The summed E-state index contributed by atoms with van der Waals surface area (Å²) < 4.78 is 43.1. The van der Waals surface area contributed by atoms with Crippen molar-refractivity contribution in [2.75, 3.05) is 27.3 Å². The van der Waals surface area contributed by atoms with Crippen LogP contribution in [0.4, 0.5) is 13.2 Å². The van der Waals surface area contributed by atoms with Crippen molar-refractivity contribution >= 4 is 23.6 Å². The Morgan fingerprint density at radius 3 is 2.68 bits per heavy atom. The number of halogens is 4.